The third-order valence-electron chi connectivity index (χ3n) is 5.13. The van der Waals surface area contributed by atoms with Gasteiger partial charge in [0.2, 0.25) is 5.91 Å². The first-order chi connectivity index (χ1) is 12.5. The molecule has 0 fully saturated rings. The lowest BCUT2D eigenvalue weighted by atomic mass is 10.1. The molecule has 1 aliphatic carbocycles. The smallest absolute Gasteiger partial charge is 0.222 e. The first kappa shape index (κ1) is 18.4. The number of aromatic amines is 1. The number of fused-ring (bicyclic) bond motifs is 1. The molecule has 0 spiro atoms. The summed E-state index contributed by atoms with van der Waals surface area (Å²) in [5.74, 6) is -0.0257. The van der Waals surface area contributed by atoms with Crippen molar-refractivity contribution in [1.29, 1.82) is 0 Å². The monoisotopic (exact) mass is 357 g/mol. The van der Waals surface area contributed by atoms with Crippen LogP contribution in [-0.4, -0.2) is 31.7 Å². The van der Waals surface area contributed by atoms with Crippen LogP contribution in [0.4, 0.5) is 0 Å². The predicted octanol–water partition coefficient (Wildman–Crippen LogP) is 2.40. The van der Waals surface area contributed by atoms with Gasteiger partial charge < -0.3 is 5.32 Å². The van der Waals surface area contributed by atoms with Crippen LogP contribution in [0, 0.1) is 13.8 Å². The zero-order chi connectivity index (χ0) is 18.7. The van der Waals surface area contributed by atoms with Crippen LogP contribution in [0.2, 0.25) is 0 Å². The number of nitrogens with zero attached hydrogens (tertiary/aromatic N) is 3. The highest BCUT2D eigenvalue weighted by Crippen LogP contribution is 2.21. The van der Waals surface area contributed by atoms with Gasteiger partial charge in [0.25, 0.3) is 0 Å². The molecule has 2 aromatic heterocycles. The second-order valence-corrected chi connectivity index (χ2v) is 7.04. The number of Topliss-reactive ketones (excluding diaryl/α,β-unsaturated/α-hetero) is 1. The first-order valence-electron chi connectivity index (χ1n) is 9.34. The minimum Gasteiger partial charge on any atom is -0.350 e. The van der Waals surface area contributed by atoms with Crippen molar-refractivity contribution in [1.82, 2.24) is 25.3 Å². The Morgan fingerprint density at radius 2 is 1.96 bits per heavy atom. The molecule has 0 atom stereocenters. The molecule has 2 N–H and O–H groups in total. The summed E-state index contributed by atoms with van der Waals surface area (Å²) in [7, 11) is 0. The number of hydrogen-bond acceptors (Lipinski definition) is 4. The van der Waals surface area contributed by atoms with Crippen molar-refractivity contribution in [3.8, 4) is 0 Å². The van der Waals surface area contributed by atoms with Crippen LogP contribution in [0.1, 0.15) is 71.3 Å². The molecule has 0 bridgehead atoms. The summed E-state index contributed by atoms with van der Waals surface area (Å²) in [4.78, 5) is 23.9. The van der Waals surface area contributed by atoms with Gasteiger partial charge in [0.15, 0.2) is 5.78 Å². The number of aryl methyl sites for hydroxylation is 3. The largest absolute Gasteiger partial charge is 0.350 e. The van der Waals surface area contributed by atoms with E-state index in [2.05, 4.69) is 20.6 Å². The number of nitrogens with one attached hydrogen (secondary N) is 2. The van der Waals surface area contributed by atoms with Crippen molar-refractivity contribution >= 4 is 11.7 Å². The van der Waals surface area contributed by atoms with E-state index >= 15 is 0 Å². The molecule has 2 heterocycles. The normalized spacial score (nSPS) is 14.0. The van der Waals surface area contributed by atoms with E-state index in [1.807, 2.05) is 13.8 Å². The summed E-state index contributed by atoms with van der Waals surface area (Å²) in [6, 6.07) is 0. The Morgan fingerprint density at radius 1 is 1.19 bits per heavy atom. The lowest BCUT2D eigenvalue weighted by Gasteiger charge is -2.07. The maximum absolute atomic E-state index is 12.2. The lowest BCUT2D eigenvalue weighted by molar-refractivity contribution is -0.121. The van der Waals surface area contributed by atoms with E-state index in [1.165, 1.54) is 30.5 Å². The highest BCUT2D eigenvalue weighted by Gasteiger charge is 2.17. The topological polar surface area (TPSA) is 92.7 Å². The van der Waals surface area contributed by atoms with Crippen LogP contribution < -0.4 is 5.32 Å². The quantitative estimate of drug-likeness (QED) is 0.613. The van der Waals surface area contributed by atoms with E-state index in [4.69, 9.17) is 0 Å². The zero-order valence-corrected chi connectivity index (χ0v) is 15.8. The van der Waals surface area contributed by atoms with Crippen LogP contribution in [-0.2, 0) is 30.7 Å². The van der Waals surface area contributed by atoms with Crippen LogP contribution in [0.5, 0.6) is 0 Å². The Kier molecular flexibility index (Phi) is 5.54. The fraction of sp³-hybridized carbons (Fsp3) is 0.579. The van der Waals surface area contributed by atoms with Crippen LogP contribution >= 0.6 is 0 Å². The summed E-state index contributed by atoms with van der Waals surface area (Å²) in [6.45, 7) is 6.16. The van der Waals surface area contributed by atoms with Crippen molar-refractivity contribution < 1.29 is 9.59 Å². The van der Waals surface area contributed by atoms with E-state index in [-0.39, 0.29) is 11.7 Å². The van der Waals surface area contributed by atoms with Gasteiger partial charge in [-0.2, -0.15) is 10.2 Å². The van der Waals surface area contributed by atoms with Gasteiger partial charge in [0.05, 0.1) is 23.5 Å². The van der Waals surface area contributed by atoms with Gasteiger partial charge in [-0.3, -0.25) is 19.4 Å². The minimum absolute atomic E-state index is 0.00919. The number of ketones is 1. The van der Waals surface area contributed by atoms with Crippen molar-refractivity contribution in [2.75, 3.05) is 0 Å². The fourth-order valence-electron chi connectivity index (χ4n) is 3.77. The number of carbonyl (C=O) groups is 2. The number of carbonyl (C=O) groups excluding carboxylic acids is 2. The molecule has 0 saturated heterocycles. The van der Waals surface area contributed by atoms with Gasteiger partial charge in [0, 0.05) is 24.4 Å². The number of rotatable bonds is 6. The van der Waals surface area contributed by atoms with Crippen LogP contribution in [0.3, 0.4) is 0 Å². The summed E-state index contributed by atoms with van der Waals surface area (Å²) in [5, 5.41) is 14.9. The van der Waals surface area contributed by atoms with E-state index in [1.54, 1.807) is 11.6 Å². The van der Waals surface area contributed by atoms with Crippen LogP contribution in [0.15, 0.2) is 0 Å². The van der Waals surface area contributed by atoms with E-state index in [0.29, 0.717) is 25.1 Å². The Hall–Kier alpha value is -2.44. The standard InChI is InChI=1S/C19H27N5O2/c1-12-19(14(3)25)13(2)24(23-12)10-9-18(26)20-11-17-15-7-5-4-6-8-16(15)21-22-17/h4-11H2,1-3H3,(H,20,26)(H,21,22). The summed E-state index contributed by atoms with van der Waals surface area (Å²) < 4.78 is 1.74. The van der Waals surface area contributed by atoms with Gasteiger partial charge in [0.1, 0.15) is 0 Å². The lowest BCUT2D eigenvalue weighted by Crippen LogP contribution is -2.25. The number of aromatic nitrogens is 4. The molecule has 1 aliphatic rings. The average Bonchev–Trinajstić information content (AvgIpc) is 3.00. The Bertz CT molecular complexity index is 818. The Morgan fingerprint density at radius 3 is 2.69 bits per heavy atom. The summed E-state index contributed by atoms with van der Waals surface area (Å²) in [5.41, 5.74) is 5.67. The molecule has 7 heteroatoms. The molecule has 140 valence electrons. The molecular formula is C19H27N5O2. The second-order valence-electron chi connectivity index (χ2n) is 7.04. The maximum atomic E-state index is 12.2. The minimum atomic E-state index is -0.0349. The van der Waals surface area contributed by atoms with Gasteiger partial charge in [-0.1, -0.05) is 6.42 Å². The molecule has 0 aromatic carbocycles. The van der Waals surface area contributed by atoms with E-state index in [9.17, 15) is 9.59 Å². The Balaban J connectivity index is 1.55. The van der Waals surface area contributed by atoms with Crippen LogP contribution in [0.25, 0.3) is 0 Å². The fourth-order valence-corrected chi connectivity index (χ4v) is 3.77. The van der Waals surface area contributed by atoms with E-state index in [0.717, 1.165) is 29.9 Å². The second kappa shape index (κ2) is 7.85. The number of hydrogen-bond donors (Lipinski definition) is 2. The zero-order valence-electron chi connectivity index (χ0n) is 15.8. The maximum Gasteiger partial charge on any atom is 0.222 e. The highest BCUT2D eigenvalue weighted by molar-refractivity contribution is 5.96. The highest BCUT2D eigenvalue weighted by atomic mass is 16.1. The molecule has 2 aromatic rings. The van der Waals surface area contributed by atoms with Gasteiger partial charge in [-0.05, 0) is 52.0 Å². The molecule has 0 radical (unpaired) electrons. The third-order valence-corrected chi connectivity index (χ3v) is 5.13. The van der Waals surface area contributed by atoms with Gasteiger partial charge >= 0.3 is 0 Å². The van der Waals surface area contributed by atoms with E-state index < -0.39 is 0 Å². The SMILES string of the molecule is CC(=O)c1c(C)nn(CCC(=O)NCc2n[nH]c3c2CCCCC3)c1C. The van der Waals surface area contributed by atoms with Crippen molar-refractivity contribution in [3.63, 3.8) is 0 Å². The Labute approximate surface area is 153 Å². The molecule has 0 saturated carbocycles. The van der Waals surface area contributed by atoms with Crippen molar-refractivity contribution in [2.24, 2.45) is 0 Å². The summed E-state index contributed by atoms with van der Waals surface area (Å²) in [6.07, 6.45) is 6.05. The third kappa shape index (κ3) is 3.86. The predicted molar refractivity (Wildman–Crippen MR) is 98.0 cm³/mol. The molecule has 0 aliphatic heterocycles. The molecule has 1 amide bonds. The van der Waals surface area contributed by atoms with Gasteiger partial charge in [-0.15, -0.1) is 0 Å². The molecule has 7 nitrogen and oxygen atoms in total. The van der Waals surface area contributed by atoms with Gasteiger partial charge in [-0.25, -0.2) is 0 Å². The molecule has 26 heavy (non-hydrogen) atoms. The number of H-pyrrole nitrogens is 1. The first-order valence-corrected chi connectivity index (χ1v) is 9.34. The average molecular weight is 357 g/mol. The molecule has 0 unspecified atom stereocenters. The summed E-state index contributed by atoms with van der Waals surface area (Å²) >= 11 is 0. The molecular weight excluding hydrogens is 330 g/mol. The molecule has 3 rings (SSSR count). The van der Waals surface area contributed by atoms with Crippen molar-refractivity contribution in [3.05, 3.63) is 33.9 Å². The number of amides is 1. The van der Waals surface area contributed by atoms with Crippen molar-refractivity contribution in [2.45, 2.75) is 72.4 Å².